The molecule has 1 aromatic heterocycles. The Morgan fingerprint density at radius 2 is 2.00 bits per heavy atom. The van der Waals surface area contributed by atoms with Gasteiger partial charge in [-0.3, -0.25) is 9.59 Å². The summed E-state index contributed by atoms with van der Waals surface area (Å²) >= 11 is 0. The lowest BCUT2D eigenvalue weighted by atomic mass is 9.97. The lowest BCUT2D eigenvalue weighted by Crippen LogP contribution is -2.23. The van der Waals surface area contributed by atoms with Crippen LogP contribution in [0, 0.1) is 6.92 Å². The maximum absolute atomic E-state index is 11.5. The molecule has 0 aliphatic heterocycles. The zero-order valence-electron chi connectivity index (χ0n) is 7.57. The number of ketones is 2. The molecule has 1 aliphatic rings. The van der Waals surface area contributed by atoms with Gasteiger partial charge < -0.3 is 5.73 Å². The van der Waals surface area contributed by atoms with Crippen LogP contribution in [0.3, 0.4) is 0 Å². The van der Waals surface area contributed by atoms with Gasteiger partial charge in [-0.2, -0.15) is 0 Å². The fraction of sp³-hybridized carbons (Fsp3) is 0.100. The quantitative estimate of drug-likeness (QED) is 0.647. The summed E-state index contributed by atoms with van der Waals surface area (Å²) in [5.74, 6) is -0.632. The number of pyridine rings is 1. The van der Waals surface area contributed by atoms with Crippen molar-refractivity contribution < 1.29 is 9.59 Å². The topological polar surface area (TPSA) is 73.1 Å². The van der Waals surface area contributed by atoms with Gasteiger partial charge in [0.1, 0.15) is 5.69 Å². The molecule has 14 heavy (non-hydrogen) atoms. The Balaban J connectivity index is 2.69. The molecule has 4 nitrogen and oxygen atoms in total. The number of aromatic nitrogens is 1. The van der Waals surface area contributed by atoms with Crippen LogP contribution in [0.4, 0.5) is 0 Å². The second-order valence-corrected chi connectivity index (χ2v) is 3.14. The van der Waals surface area contributed by atoms with Crippen LogP contribution in [-0.2, 0) is 0 Å². The molecule has 4 heteroatoms. The normalized spacial score (nSPS) is 15.1. The molecule has 0 aromatic carbocycles. The fourth-order valence-electron chi connectivity index (χ4n) is 1.36. The van der Waals surface area contributed by atoms with Crippen LogP contribution in [0.5, 0.6) is 0 Å². The summed E-state index contributed by atoms with van der Waals surface area (Å²) in [5, 5.41) is 0. The molecule has 0 fully saturated rings. The molecule has 0 saturated heterocycles. The molecule has 0 amide bonds. The van der Waals surface area contributed by atoms with Crippen molar-refractivity contribution >= 4 is 11.6 Å². The Hall–Kier alpha value is -1.97. The van der Waals surface area contributed by atoms with Crippen molar-refractivity contribution in [2.24, 2.45) is 5.73 Å². The molecule has 0 unspecified atom stereocenters. The Morgan fingerprint density at radius 3 is 2.71 bits per heavy atom. The summed E-state index contributed by atoms with van der Waals surface area (Å²) < 4.78 is 0. The van der Waals surface area contributed by atoms with Crippen molar-refractivity contribution in [3.05, 3.63) is 40.9 Å². The molecule has 0 bridgehead atoms. The highest BCUT2D eigenvalue weighted by Gasteiger charge is 2.24. The van der Waals surface area contributed by atoms with E-state index >= 15 is 0 Å². The van der Waals surface area contributed by atoms with Crippen molar-refractivity contribution in [2.45, 2.75) is 6.92 Å². The number of allylic oxidation sites excluding steroid dienone is 2. The van der Waals surface area contributed by atoms with Gasteiger partial charge in [-0.15, -0.1) is 0 Å². The molecule has 2 N–H and O–H groups in total. The minimum Gasteiger partial charge on any atom is -0.395 e. The van der Waals surface area contributed by atoms with Crippen molar-refractivity contribution in [2.75, 3.05) is 0 Å². The summed E-state index contributed by atoms with van der Waals surface area (Å²) in [4.78, 5) is 26.9. The van der Waals surface area contributed by atoms with E-state index < -0.39 is 0 Å². The number of hydrogen-bond acceptors (Lipinski definition) is 4. The second kappa shape index (κ2) is 2.77. The van der Waals surface area contributed by atoms with Gasteiger partial charge >= 0.3 is 0 Å². The molecule has 70 valence electrons. The fourth-order valence-corrected chi connectivity index (χ4v) is 1.36. The Kier molecular flexibility index (Phi) is 1.70. The van der Waals surface area contributed by atoms with E-state index in [1.54, 1.807) is 19.1 Å². The number of aryl methyl sites for hydroxylation is 1. The molecule has 0 spiro atoms. The van der Waals surface area contributed by atoms with Crippen LogP contribution in [0.1, 0.15) is 26.5 Å². The molecular formula is C10H8N2O2. The number of nitrogens with two attached hydrogens (primary N) is 1. The highest BCUT2D eigenvalue weighted by atomic mass is 16.1. The van der Waals surface area contributed by atoms with Crippen molar-refractivity contribution in [3.63, 3.8) is 0 Å². The molecule has 1 heterocycles. The van der Waals surface area contributed by atoms with Gasteiger partial charge in [0.25, 0.3) is 0 Å². The van der Waals surface area contributed by atoms with E-state index in [0.717, 1.165) is 6.08 Å². The third-order valence-electron chi connectivity index (χ3n) is 2.06. The summed E-state index contributed by atoms with van der Waals surface area (Å²) in [6.07, 6.45) is 1.12. The minimum atomic E-state index is -0.327. The van der Waals surface area contributed by atoms with Gasteiger partial charge in [-0.1, -0.05) is 0 Å². The number of rotatable bonds is 0. The van der Waals surface area contributed by atoms with Gasteiger partial charge in [0.2, 0.25) is 11.6 Å². The van der Waals surface area contributed by atoms with E-state index in [1.165, 1.54) is 0 Å². The average molecular weight is 188 g/mol. The summed E-state index contributed by atoms with van der Waals surface area (Å²) in [5.41, 5.74) is 6.56. The highest BCUT2D eigenvalue weighted by molar-refractivity contribution is 6.23. The predicted molar refractivity (Wildman–Crippen MR) is 49.9 cm³/mol. The van der Waals surface area contributed by atoms with Crippen molar-refractivity contribution in [3.8, 4) is 0 Å². The summed E-state index contributed by atoms with van der Waals surface area (Å²) in [6.45, 7) is 1.76. The lowest BCUT2D eigenvalue weighted by molar-refractivity contribution is 0.0979. The maximum Gasteiger partial charge on any atom is 0.211 e. The van der Waals surface area contributed by atoms with Gasteiger partial charge in [-0.05, 0) is 19.1 Å². The first kappa shape index (κ1) is 8.62. The van der Waals surface area contributed by atoms with Gasteiger partial charge in [0.15, 0.2) is 0 Å². The first-order valence-electron chi connectivity index (χ1n) is 4.13. The van der Waals surface area contributed by atoms with Gasteiger partial charge in [0.05, 0.1) is 11.3 Å². The van der Waals surface area contributed by atoms with Crippen LogP contribution < -0.4 is 5.73 Å². The third-order valence-corrected chi connectivity index (χ3v) is 2.06. The molecular weight excluding hydrogens is 180 g/mol. The standard InChI is InChI=1S/C10H8N2O2/c1-5-2-3-6-9(12-5)8(13)4-7(11)10(6)14/h2-4H,11H2,1H3. The first-order chi connectivity index (χ1) is 6.59. The molecule has 0 radical (unpaired) electrons. The smallest absolute Gasteiger partial charge is 0.211 e. The average Bonchev–Trinajstić information content (AvgIpc) is 2.14. The number of hydrogen-bond donors (Lipinski definition) is 1. The van der Waals surface area contributed by atoms with Crippen LogP contribution in [-0.4, -0.2) is 16.6 Å². The van der Waals surface area contributed by atoms with E-state index in [0.29, 0.717) is 11.3 Å². The van der Waals surface area contributed by atoms with E-state index in [-0.39, 0.29) is 23.0 Å². The monoisotopic (exact) mass is 188 g/mol. The van der Waals surface area contributed by atoms with E-state index in [9.17, 15) is 9.59 Å². The van der Waals surface area contributed by atoms with Crippen LogP contribution in [0.15, 0.2) is 23.9 Å². The molecule has 1 aliphatic carbocycles. The Morgan fingerprint density at radius 1 is 1.29 bits per heavy atom. The van der Waals surface area contributed by atoms with Crippen LogP contribution in [0.25, 0.3) is 0 Å². The molecule has 1 aromatic rings. The largest absolute Gasteiger partial charge is 0.395 e. The Bertz CT molecular complexity index is 475. The van der Waals surface area contributed by atoms with Crippen LogP contribution >= 0.6 is 0 Å². The zero-order chi connectivity index (χ0) is 10.3. The van der Waals surface area contributed by atoms with E-state index in [1.807, 2.05) is 0 Å². The summed E-state index contributed by atoms with van der Waals surface area (Å²) in [7, 11) is 0. The maximum atomic E-state index is 11.5. The third kappa shape index (κ3) is 1.12. The lowest BCUT2D eigenvalue weighted by Gasteiger charge is -2.11. The predicted octanol–water partition coefficient (Wildman–Crippen LogP) is 0.612. The molecule has 0 atom stereocenters. The number of fused-ring (bicyclic) bond motifs is 1. The van der Waals surface area contributed by atoms with Crippen molar-refractivity contribution in [1.29, 1.82) is 0 Å². The van der Waals surface area contributed by atoms with Gasteiger partial charge in [0, 0.05) is 11.8 Å². The van der Waals surface area contributed by atoms with Crippen molar-refractivity contribution in [1.82, 2.24) is 4.98 Å². The number of carbonyl (C=O) groups is 2. The number of carbonyl (C=O) groups excluding carboxylic acids is 2. The number of nitrogens with zero attached hydrogens (tertiary/aromatic N) is 1. The molecule has 2 rings (SSSR count). The number of Topliss-reactive ketones (excluding diaryl/α,β-unsaturated/α-hetero) is 1. The molecule has 0 saturated carbocycles. The van der Waals surface area contributed by atoms with Crippen LogP contribution in [0.2, 0.25) is 0 Å². The second-order valence-electron chi connectivity index (χ2n) is 3.14. The first-order valence-corrected chi connectivity index (χ1v) is 4.13. The zero-order valence-corrected chi connectivity index (χ0v) is 7.57. The SMILES string of the molecule is Cc1ccc2c(n1)C(=O)C=C(N)C2=O. The highest BCUT2D eigenvalue weighted by Crippen LogP contribution is 2.17. The Labute approximate surface area is 80.4 Å². The van der Waals surface area contributed by atoms with E-state index in [2.05, 4.69) is 4.98 Å². The van der Waals surface area contributed by atoms with Gasteiger partial charge in [-0.25, -0.2) is 4.98 Å². The van der Waals surface area contributed by atoms with E-state index in [4.69, 9.17) is 5.73 Å². The minimum absolute atomic E-state index is 0.0202. The summed E-state index contributed by atoms with van der Waals surface area (Å²) in [6, 6.07) is 3.26.